The highest BCUT2D eigenvalue weighted by Gasteiger charge is 2.15. The van der Waals surface area contributed by atoms with Crippen molar-refractivity contribution in [1.82, 2.24) is 4.98 Å². The number of fused-ring (bicyclic) bond motifs is 1. The van der Waals surface area contributed by atoms with Crippen molar-refractivity contribution >= 4 is 43.0 Å². The number of sulfone groups is 1. The van der Waals surface area contributed by atoms with Crippen LogP contribution in [-0.4, -0.2) is 25.6 Å². The Morgan fingerprint density at radius 3 is 2.50 bits per heavy atom. The number of carbonyl (C=O) groups is 1. The first-order chi connectivity index (χ1) is 11.2. The number of hydrogen-bond donors (Lipinski definition) is 2. The molecule has 3 rings (SSSR count). The van der Waals surface area contributed by atoms with Crippen molar-refractivity contribution in [3.8, 4) is 10.4 Å². The van der Waals surface area contributed by atoms with Gasteiger partial charge in [0.2, 0.25) is 0 Å². The number of carbonyl (C=O) groups excluding carboxylic acids is 1. The van der Waals surface area contributed by atoms with Crippen molar-refractivity contribution in [3.63, 3.8) is 0 Å². The third kappa shape index (κ3) is 3.24. The van der Waals surface area contributed by atoms with E-state index in [1.165, 1.54) is 23.8 Å². The summed E-state index contributed by atoms with van der Waals surface area (Å²) >= 11 is 1.40. The van der Waals surface area contributed by atoms with Crippen molar-refractivity contribution in [1.29, 1.82) is 0 Å². The number of anilines is 1. The van der Waals surface area contributed by atoms with Crippen molar-refractivity contribution in [3.05, 3.63) is 47.7 Å². The Bertz CT molecular complexity index is 1040. The average molecular weight is 361 g/mol. The molecule has 2 heterocycles. The highest BCUT2D eigenvalue weighted by molar-refractivity contribution is 7.89. The molecule has 3 aromatic rings. The maximum absolute atomic E-state index is 11.5. The third-order valence-corrected chi connectivity index (χ3v) is 5.59. The van der Waals surface area contributed by atoms with E-state index in [1.807, 2.05) is 18.2 Å². The van der Waals surface area contributed by atoms with Crippen LogP contribution in [0.2, 0.25) is 0 Å². The van der Waals surface area contributed by atoms with Gasteiger partial charge in [0.15, 0.2) is 9.84 Å². The van der Waals surface area contributed by atoms with Crippen LogP contribution in [0.4, 0.5) is 5.82 Å². The molecule has 0 spiro atoms. The molecule has 0 radical (unpaired) electrons. The highest BCUT2D eigenvalue weighted by Crippen LogP contribution is 2.37. The summed E-state index contributed by atoms with van der Waals surface area (Å²) < 4.78 is 23.4. The quantitative estimate of drug-likeness (QED) is 0.739. The normalized spacial score (nSPS) is 11.7. The first-order valence-corrected chi connectivity index (χ1v) is 9.87. The summed E-state index contributed by atoms with van der Waals surface area (Å²) in [6.07, 6.45) is 2.59. The fourth-order valence-corrected chi connectivity index (χ4v) is 4.41. The fraction of sp³-hybridized carbons (Fsp3) is 0.125. The molecule has 0 saturated heterocycles. The Kier molecular flexibility index (Phi) is 4.02. The average Bonchev–Trinajstić information content (AvgIpc) is 2.92. The zero-order valence-corrected chi connectivity index (χ0v) is 14.4. The Hall–Kier alpha value is -2.45. The summed E-state index contributed by atoms with van der Waals surface area (Å²) in [5, 5.41) is 0.687. The molecule has 1 amide bonds. The van der Waals surface area contributed by atoms with Crippen LogP contribution in [0.25, 0.3) is 20.5 Å². The van der Waals surface area contributed by atoms with Gasteiger partial charge in [0.05, 0.1) is 16.0 Å². The molecule has 0 unspecified atom stereocenters. The lowest BCUT2D eigenvalue weighted by atomic mass is 10.1. The maximum Gasteiger partial charge on any atom is 0.251 e. The van der Waals surface area contributed by atoms with E-state index >= 15 is 0 Å². The topological polar surface area (TPSA) is 116 Å². The van der Waals surface area contributed by atoms with Gasteiger partial charge in [0.25, 0.3) is 5.91 Å². The standard InChI is InChI=1S/C16H15N3O3S2/c1-24(21,22)8-9-2-4-10(5-3-9)13-6-11-14(23-13)12(16(18)20)7-19-15(11)17/h2-7H,8H2,1H3,(H2,17,19)(H2,18,20). The molecule has 8 heteroatoms. The molecule has 0 fully saturated rings. The molecule has 6 nitrogen and oxygen atoms in total. The zero-order chi connectivity index (χ0) is 17.5. The SMILES string of the molecule is CS(=O)(=O)Cc1ccc(-c2cc3c(N)ncc(C(N)=O)c3s2)cc1. The van der Waals surface area contributed by atoms with Gasteiger partial charge in [-0.2, -0.15) is 0 Å². The van der Waals surface area contributed by atoms with Crippen LogP contribution in [0.5, 0.6) is 0 Å². The van der Waals surface area contributed by atoms with Gasteiger partial charge >= 0.3 is 0 Å². The van der Waals surface area contributed by atoms with E-state index in [0.717, 1.165) is 16.0 Å². The lowest BCUT2D eigenvalue weighted by Crippen LogP contribution is -2.11. The first-order valence-electron chi connectivity index (χ1n) is 6.99. The molecular weight excluding hydrogens is 346 g/mol. The van der Waals surface area contributed by atoms with Gasteiger partial charge in [0, 0.05) is 22.7 Å². The molecule has 0 aliphatic rings. The Labute approximate surface area is 143 Å². The second-order valence-corrected chi connectivity index (χ2v) is 8.73. The van der Waals surface area contributed by atoms with Crippen LogP contribution in [0.15, 0.2) is 36.5 Å². The van der Waals surface area contributed by atoms with E-state index in [4.69, 9.17) is 11.5 Å². The van der Waals surface area contributed by atoms with Crippen molar-refractivity contribution in [2.45, 2.75) is 5.75 Å². The number of hydrogen-bond acceptors (Lipinski definition) is 6. The highest BCUT2D eigenvalue weighted by atomic mass is 32.2. The van der Waals surface area contributed by atoms with Gasteiger partial charge in [-0.25, -0.2) is 13.4 Å². The van der Waals surface area contributed by atoms with E-state index < -0.39 is 15.7 Å². The minimum absolute atomic E-state index is 0.00237. The summed E-state index contributed by atoms with van der Waals surface area (Å²) in [5.41, 5.74) is 13.2. The van der Waals surface area contributed by atoms with Gasteiger partial charge in [-0.1, -0.05) is 24.3 Å². The molecule has 0 aliphatic carbocycles. The second-order valence-electron chi connectivity index (χ2n) is 5.54. The van der Waals surface area contributed by atoms with Gasteiger partial charge in [0.1, 0.15) is 5.82 Å². The predicted molar refractivity (Wildman–Crippen MR) is 96.5 cm³/mol. The summed E-state index contributed by atoms with van der Waals surface area (Å²) in [5.74, 6) is -0.210. The molecule has 0 aliphatic heterocycles. The molecule has 0 saturated carbocycles. The number of nitrogen functional groups attached to an aromatic ring is 1. The van der Waals surface area contributed by atoms with Gasteiger partial charge in [-0.3, -0.25) is 4.79 Å². The molecule has 4 N–H and O–H groups in total. The van der Waals surface area contributed by atoms with Crippen molar-refractivity contribution in [2.24, 2.45) is 5.73 Å². The third-order valence-electron chi connectivity index (χ3n) is 3.52. The summed E-state index contributed by atoms with van der Waals surface area (Å²) in [6.45, 7) is 0. The summed E-state index contributed by atoms with van der Waals surface area (Å²) in [4.78, 5) is 16.4. The fourth-order valence-electron chi connectivity index (χ4n) is 2.43. The van der Waals surface area contributed by atoms with E-state index in [9.17, 15) is 13.2 Å². The molecule has 2 aromatic heterocycles. The van der Waals surface area contributed by atoms with E-state index in [0.29, 0.717) is 21.5 Å². The molecule has 0 atom stereocenters. The van der Waals surface area contributed by atoms with Gasteiger partial charge in [-0.05, 0) is 17.2 Å². The van der Waals surface area contributed by atoms with E-state index in [1.54, 1.807) is 12.1 Å². The van der Waals surface area contributed by atoms with Crippen LogP contribution in [-0.2, 0) is 15.6 Å². The number of primary amides is 1. The van der Waals surface area contributed by atoms with Crippen molar-refractivity contribution < 1.29 is 13.2 Å². The molecule has 1 aromatic carbocycles. The number of amides is 1. The Morgan fingerprint density at radius 1 is 1.25 bits per heavy atom. The van der Waals surface area contributed by atoms with Gasteiger partial charge in [-0.15, -0.1) is 11.3 Å². The molecule has 0 bridgehead atoms. The van der Waals surface area contributed by atoms with Gasteiger partial charge < -0.3 is 11.5 Å². The summed E-state index contributed by atoms with van der Waals surface area (Å²) in [6, 6.07) is 9.10. The second kappa shape index (κ2) is 5.88. The molecular formula is C16H15N3O3S2. The predicted octanol–water partition coefficient (Wildman–Crippen LogP) is 2.19. The molecule has 124 valence electrons. The number of pyridine rings is 1. The maximum atomic E-state index is 11.5. The number of thiophene rings is 1. The number of aromatic nitrogens is 1. The van der Waals surface area contributed by atoms with Crippen LogP contribution >= 0.6 is 11.3 Å². The first kappa shape index (κ1) is 16.4. The minimum Gasteiger partial charge on any atom is -0.383 e. The largest absolute Gasteiger partial charge is 0.383 e. The number of rotatable bonds is 4. The van der Waals surface area contributed by atoms with Crippen molar-refractivity contribution in [2.75, 3.05) is 12.0 Å². The van der Waals surface area contributed by atoms with E-state index in [2.05, 4.69) is 4.98 Å². The lowest BCUT2D eigenvalue weighted by molar-refractivity contribution is 0.100. The monoisotopic (exact) mass is 361 g/mol. The lowest BCUT2D eigenvalue weighted by Gasteiger charge is -2.01. The summed E-state index contributed by atoms with van der Waals surface area (Å²) in [7, 11) is -3.07. The molecule has 24 heavy (non-hydrogen) atoms. The van der Waals surface area contributed by atoms with E-state index in [-0.39, 0.29) is 5.75 Å². The van der Waals surface area contributed by atoms with Crippen LogP contribution in [0, 0.1) is 0 Å². The van der Waals surface area contributed by atoms with Crippen LogP contribution in [0.1, 0.15) is 15.9 Å². The minimum atomic E-state index is -3.07. The number of benzene rings is 1. The zero-order valence-electron chi connectivity index (χ0n) is 12.8. The smallest absolute Gasteiger partial charge is 0.251 e. The Balaban J connectivity index is 2.05. The Morgan fingerprint density at radius 2 is 1.92 bits per heavy atom. The van der Waals surface area contributed by atoms with Crippen LogP contribution < -0.4 is 11.5 Å². The number of nitrogens with zero attached hydrogens (tertiary/aromatic N) is 1. The number of nitrogens with two attached hydrogens (primary N) is 2. The van der Waals surface area contributed by atoms with Crippen LogP contribution in [0.3, 0.4) is 0 Å².